The first-order chi connectivity index (χ1) is 14.2. The Morgan fingerprint density at radius 2 is 1.87 bits per heavy atom. The van der Waals surface area contributed by atoms with Crippen molar-refractivity contribution in [1.82, 2.24) is 10.2 Å². The Balaban J connectivity index is 1.89. The van der Waals surface area contributed by atoms with Gasteiger partial charge < -0.3 is 9.32 Å². The first kappa shape index (κ1) is 21.5. The van der Waals surface area contributed by atoms with Crippen LogP contribution in [0.1, 0.15) is 38.1 Å². The number of alkyl halides is 2. The number of aromatic nitrogens is 2. The summed E-state index contributed by atoms with van der Waals surface area (Å²) in [6, 6.07) is 9.38. The second-order valence-corrected chi connectivity index (χ2v) is 7.11. The average molecular weight is 421 g/mol. The maximum absolute atomic E-state index is 14.7. The van der Waals surface area contributed by atoms with Crippen LogP contribution in [0.4, 0.5) is 23.2 Å². The predicted octanol–water partition coefficient (Wildman–Crippen LogP) is 5.53. The lowest BCUT2D eigenvalue weighted by Gasteiger charge is -2.24. The monoisotopic (exact) mass is 421 g/mol. The summed E-state index contributed by atoms with van der Waals surface area (Å²) in [5.74, 6) is -2.53. The molecule has 0 aliphatic rings. The van der Waals surface area contributed by atoms with Gasteiger partial charge in [-0.25, -0.2) is 8.78 Å². The molecule has 0 radical (unpaired) electrons. The highest BCUT2D eigenvalue weighted by Crippen LogP contribution is 2.27. The zero-order valence-corrected chi connectivity index (χ0v) is 16.3. The third kappa shape index (κ3) is 5.03. The van der Waals surface area contributed by atoms with Gasteiger partial charge in [0.05, 0.1) is 6.54 Å². The number of hydrogen-bond acceptors (Lipinski definition) is 4. The van der Waals surface area contributed by atoms with Gasteiger partial charge in [0.1, 0.15) is 11.6 Å². The van der Waals surface area contributed by atoms with Crippen molar-refractivity contribution in [2.75, 3.05) is 4.90 Å². The molecule has 0 aliphatic carbocycles. The molecule has 0 unspecified atom stereocenters. The molecule has 30 heavy (non-hydrogen) atoms. The minimum Gasteiger partial charge on any atom is -0.415 e. The van der Waals surface area contributed by atoms with Gasteiger partial charge in [-0.2, -0.15) is 8.78 Å². The van der Waals surface area contributed by atoms with Gasteiger partial charge in [0.2, 0.25) is 11.8 Å². The summed E-state index contributed by atoms with van der Waals surface area (Å²) in [4.78, 5) is 14.0. The van der Waals surface area contributed by atoms with Crippen molar-refractivity contribution in [2.45, 2.75) is 33.2 Å². The van der Waals surface area contributed by atoms with Crippen LogP contribution in [0.3, 0.4) is 0 Å². The standard InChI is InChI=1S/C21H19F4N3O2/c1-12(2)8-18(29)28(16-5-3-4-15(22)10-16)11-14-7-6-13(9-17(14)23)20-26-27-21(30-20)19(24)25/h3-7,9-10,12,19H,8,11H2,1-2H3. The fraction of sp³-hybridized carbons (Fsp3) is 0.286. The minimum atomic E-state index is -2.93. The van der Waals surface area contributed by atoms with E-state index in [9.17, 15) is 22.4 Å². The summed E-state index contributed by atoms with van der Waals surface area (Å²) >= 11 is 0. The molecule has 5 nitrogen and oxygen atoms in total. The van der Waals surface area contributed by atoms with E-state index < -0.39 is 24.0 Å². The van der Waals surface area contributed by atoms with Crippen LogP contribution in [-0.2, 0) is 11.3 Å². The van der Waals surface area contributed by atoms with E-state index >= 15 is 0 Å². The van der Waals surface area contributed by atoms with Crippen molar-refractivity contribution in [1.29, 1.82) is 0 Å². The van der Waals surface area contributed by atoms with Crippen molar-refractivity contribution in [3.05, 3.63) is 65.6 Å². The lowest BCUT2D eigenvalue weighted by molar-refractivity contribution is -0.119. The zero-order valence-electron chi connectivity index (χ0n) is 16.3. The molecule has 0 aliphatic heterocycles. The largest absolute Gasteiger partial charge is 0.415 e. The van der Waals surface area contributed by atoms with Gasteiger partial charge in [-0.1, -0.05) is 26.0 Å². The molecule has 0 saturated heterocycles. The zero-order chi connectivity index (χ0) is 21.8. The molecule has 0 spiro atoms. The van der Waals surface area contributed by atoms with Crippen LogP contribution in [-0.4, -0.2) is 16.1 Å². The predicted molar refractivity (Wildman–Crippen MR) is 102 cm³/mol. The van der Waals surface area contributed by atoms with Gasteiger partial charge in [0, 0.05) is 23.2 Å². The highest BCUT2D eigenvalue weighted by atomic mass is 19.3. The molecule has 0 fully saturated rings. The summed E-state index contributed by atoms with van der Waals surface area (Å²) in [5.41, 5.74) is 0.595. The van der Waals surface area contributed by atoms with Crippen LogP contribution < -0.4 is 4.90 Å². The number of amides is 1. The van der Waals surface area contributed by atoms with Gasteiger partial charge in [-0.3, -0.25) is 4.79 Å². The quantitative estimate of drug-likeness (QED) is 0.471. The number of carbonyl (C=O) groups excluding carboxylic acids is 1. The van der Waals surface area contributed by atoms with E-state index in [1.165, 1.54) is 35.2 Å². The van der Waals surface area contributed by atoms with Gasteiger partial charge in [0.25, 0.3) is 5.89 Å². The van der Waals surface area contributed by atoms with Crippen LogP contribution in [0, 0.1) is 17.6 Å². The molecule has 1 aromatic heterocycles. The molecule has 9 heteroatoms. The molecule has 3 rings (SSSR count). The highest BCUT2D eigenvalue weighted by Gasteiger charge is 2.21. The number of anilines is 1. The van der Waals surface area contributed by atoms with E-state index in [2.05, 4.69) is 10.2 Å². The Bertz CT molecular complexity index is 1040. The highest BCUT2D eigenvalue weighted by molar-refractivity contribution is 5.93. The van der Waals surface area contributed by atoms with Crippen molar-refractivity contribution in [2.24, 2.45) is 5.92 Å². The van der Waals surface area contributed by atoms with Crippen molar-refractivity contribution < 1.29 is 26.8 Å². The number of benzene rings is 2. The summed E-state index contributed by atoms with van der Waals surface area (Å²) in [7, 11) is 0. The number of rotatable bonds is 7. The average Bonchev–Trinajstić information content (AvgIpc) is 3.17. The third-order valence-corrected chi connectivity index (χ3v) is 4.26. The lowest BCUT2D eigenvalue weighted by atomic mass is 10.1. The molecule has 0 bridgehead atoms. The molecule has 0 atom stereocenters. The van der Waals surface area contributed by atoms with Crippen LogP contribution in [0.25, 0.3) is 11.5 Å². The Kier molecular flexibility index (Phi) is 6.49. The summed E-state index contributed by atoms with van der Waals surface area (Å²) < 4.78 is 58.4. The summed E-state index contributed by atoms with van der Waals surface area (Å²) in [6.07, 6.45) is -2.73. The Morgan fingerprint density at radius 3 is 2.47 bits per heavy atom. The first-order valence-electron chi connectivity index (χ1n) is 9.21. The first-order valence-corrected chi connectivity index (χ1v) is 9.21. The van der Waals surface area contributed by atoms with E-state index in [1.54, 1.807) is 6.07 Å². The van der Waals surface area contributed by atoms with Crippen LogP contribution >= 0.6 is 0 Å². The molecular formula is C21H19F4N3O2. The van der Waals surface area contributed by atoms with E-state index in [0.717, 1.165) is 6.07 Å². The Hall–Kier alpha value is -3.23. The van der Waals surface area contributed by atoms with Crippen LogP contribution in [0.2, 0.25) is 0 Å². The third-order valence-electron chi connectivity index (χ3n) is 4.26. The molecule has 1 heterocycles. The fourth-order valence-electron chi connectivity index (χ4n) is 2.85. The van der Waals surface area contributed by atoms with Gasteiger partial charge in [-0.05, 0) is 36.2 Å². The van der Waals surface area contributed by atoms with E-state index in [4.69, 9.17) is 4.42 Å². The second-order valence-electron chi connectivity index (χ2n) is 7.11. The smallest absolute Gasteiger partial charge is 0.314 e. The van der Waals surface area contributed by atoms with E-state index in [0.29, 0.717) is 5.69 Å². The molecule has 0 saturated carbocycles. The van der Waals surface area contributed by atoms with Gasteiger partial charge in [-0.15, -0.1) is 10.2 Å². The lowest BCUT2D eigenvalue weighted by Crippen LogP contribution is -2.31. The molecule has 158 valence electrons. The number of nitrogens with zero attached hydrogens (tertiary/aromatic N) is 3. The van der Waals surface area contributed by atoms with Gasteiger partial charge >= 0.3 is 6.43 Å². The van der Waals surface area contributed by atoms with Crippen molar-refractivity contribution in [3.8, 4) is 11.5 Å². The molecule has 3 aromatic rings. The van der Waals surface area contributed by atoms with Crippen LogP contribution in [0.15, 0.2) is 46.9 Å². The Labute approximate surface area is 170 Å². The van der Waals surface area contributed by atoms with E-state index in [-0.39, 0.29) is 41.8 Å². The number of halogens is 4. The number of hydrogen-bond donors (Lipinski definition) is 0. The summed E-state index contributed by atoms with van der Waals surface area (Å²) in [5, 5.41) is 6.70. The molecular weight excluding hydrogens is 402 g/mol. The Morgan fingerprint density at radius 1 is 1.10 bits per heavy atom. The summed E-state index contributed by atoms with van der Waals surface area (Å²) in [6.45, 7) is 3.61. The number of carbonyl (C=O) groups is 1. The molecule has 0 N–H and O–H groups in total. The topological polar surface area (TPSA) is 59.2 Å². The van der Waals surface area contributed by atoms with E-state index in [1.807, 2.05) is 13.8 Å². The SMILES string of the molecule is CC(C)CC(=O)N(Cc1ccc(-c2nnc(C(F)F)o2)cc1F)c1cccc(F)c1. The van der Waals surface area contributed by atoms with Crippen molar-refractivity contribution >= 4 is 11.6 Å². The minimum absolute atomic E-state index is 0.0577. The normalized spacial score (nSPS) is 11.3. The van der Waals surface area contributed by atoms with Gasteiger partial charge in [0.15, 0.2) is 0 Å². The molecule has 2 aromatic carbocycles. The maximum Gasteiger partial charge on any atom is 0.314 e. The van der Waals surface area contributed by atoms with Crippen LogP contribution in [0.5, 0.6) is 0 Å². The molecule has 1 amide bonds. The fourth-order valence-corrected chi connectivity index (χ4v) is 2.85. The second kappa shape index (κ2) is 9.06. The van der Waals surface area contributed by atoms with Crippen molar-refractivity contribution in [3.63, 3.8) is 0 Å². The maximum atomic E-state index is 14.7.